The fourth-order valence-corrected chi connectivity index (χ4v) is 3.06. The summed E-state index contributed by atoms with van der Waals surface area (Å²) in [6, 6.07) is 3.78. The minimum absolute atomic E-state index is 0.121. The van der Waals surface area contributed by atoms with Gasteiger partial charge in [0.2, 0.25) is 0 Å². The van der Waals surface area contributed by atoms with Crippen LogP contribution in [0.2, 0.25) is 0 Å². The van der Waals surface area contributed by atoms with Gasteiger partial charge in [-0.05, 0) is 40.4 Å². The van der Waals surface area contributed by atoms with Gasteiger partial charge in [-0.15, -0.1) is 11.3 Å². The number of carbonyl (C=O) groups excluding carboxylic acids is 1. The maximum Gasteiger partial charge on any atom is 0.255 e. The van der Waals surface area contributed by atoms with E-state index in [4.69, 9.17) is 0 Å². The van der Waals surface area contributed by atoms with Gasteiger partial charge in [-0.25, -0.2) is 0 Å². The molecule has 0 radical (unpaired) electrons. The van der Waals surface area contributed by atoms with Crippen molar-refractivity contribution in [3.8, 4) is 0 Å². The topological polar surface area (TPSA) is 54.0 Å². The van der Waals surface area contributed by atoms with Crippen LogP contribution in [0.15, 0.2) is 34.4 Å². The summed E-state index contributed by atoms with van der Waals surface area (Å²) in [6.45, 7) is 3.27. The van der Waals surface area contributed by atoms with Crippen LogP contribution in [0.4, 0.5) is 5.69 Å². The van der Waals surface area contributed by atoms with Crippen molar-refractivity contribution in [1.29, 1.82) is 0 Å². The van der Waals surface area contributed by atoms with E-state index in [0.29, 0.717) is 12.1 Å². The normalized spacial score (nSPS) is 10.2. The first kappa shape index (κ1) is 14.0. The quantitative estimate of drug-likeness (QED) is 0.878. The molecule has 4 nitrogen and oxygen atoms in total. The van der Waals surface area contributed by atoms with E-state index < -0.39 is 0 Å². The van der Waals surface area contributed by atoms with Gasteiger partial charge in [0.25, 0.3) is 5.91 Å². The molecule has 0 saturated heterocycles. The Morgan fingerprint density at radius 2 is 2.32 bits per heavy atom. The van der Waals surface area contributed by atoms with Gasteiger partial charge in [0.1, 0.15) is 0 Å². The van der Waals surface area contributed by atoms with E-state index in [1.165, 1.54) is 0 Å². The summed E-state index contributed by atoms with van der Waals surface area (Å²) < 4.78 is 1.02. The zero-order valence-electron chi connectivity index (χ0n) is 10.4. The van der Waals surface area contributed by atoms with Gasteiger partial charge in [0.15, 0.2) is 0 Å². The van der Waals surface area contributed by atoms with E-state index in [2.05, 4.69) is 31.5 Å². The first-order valence-corrected chi connectivity index (χ1v) is 7.57. The second-order valence-corrected chi connectivity index (χ2v) is 5.68. The SMILES string of the molecule is CCNc1ccncc1C(=O)NCc1sccc1Br. The lowest BCUT2D eigenvalue weighted by Crippen LogP contribution is -2.23. The lowest BCUT2D eigenvalue weighted by atomic mass is 10.2. The summed E-state index contributed by atoms with van der Waals surface area (Å²) in [7, 11) is 0. The molecule has 0 spiro atoms. The van der Waals surface area contributed by atoms with E-state index >= 15 is 0 Å². The minimum atomic E-state index is -0.121. The molecule has 100 valence electrons. The van der Waals surface area contributed by atoms with Crippen LogP contribution < -0.4 is 10.6 Å². The van der Waals surface area contributed by atoms with Crippen LogP contribution in [0.25, 0.3) is 0 Å². The van der Waals surface area contributed by atoms with Gasteiger partial charge >= 0.3 is 0 Å². The molecule has 0 atom stereocenters. The number of thiophene rings is 1. The van der Waals surface area contributed by atoms with Gasteiger partial charge in [-0.1, -0.05) is 0 Å². The molecule has 0 unspecified atom stereocenters. The van der Waals surface area contributed by atoms with Crippen LogP contribution in [0.5, 0.6) is 0 Å². The molecule has 0 saturated carbocycles. The monoisotopic (exact) mass is 339 g/mol. The van der Waals surface area contributed by atoms with Gasteiger partial charge in [0.05, 0.1) is 17.8 Å². The molecular formula is C13H14BrN3OS. The molecule has 0 aliphatic rings. The molecule has 2 N–H and O–H groups in total. The first-order chi connectivity index (χ1) is 9.22. The van der Waals surface area contributed by atoms with Crippen molar-refractivity contribution >= 4 is 38.9 Å². The predicted molar refractivity (Wildman–Crippen MR) is 81.6 cm³/mol. The third-order valence-electron chi connectivity index (χ3n) is 2.53. The van der Waals surface area contributed by atoms with Crippen molar-refractivity contribution in [3.63, 3.8) is 0 Å². The fraction of sp³-hybridized carbons (Fsp3) is 0.231. The van der Waals surface area contributed by atoms with Crippen molar-refractivity contribution in [2.45, 2.75) is 13.5 Å². The second-order valence-electron chi connectivity index (χ2n) is 3.83. The van der Waals surface area contributed by atoms with Crippen LogP contribution in [-0.4, -0.2) is 17.4 Å². The second kappa shape index (κ2) is 6.68. The molecule has 0 aromatic carbocycles. The third-order valence-corrected chi connectivity index (χ3v) is 4.46. The smallest absolute Gasteiger partial charge is 0.255 e. The molecule has 2 aromatic heterocycles. The number of nitrogens with one attached hydrogen (secondary N) is 2. The summed E-state index contributed by atoms with van der Waals surface area (Å²) in [5, 5.41) is 8.04. The Morgan fingerprint density at radius 1 is 1.47 bits per heavy atom. The van der Waals surface area contributed by atoms with Crippen molar-refractivity contribution in [2.24, 2.45) is 0 Å². The Kier molecular flexibility index (Phi) is 4.93. The predicted octanol–water partition coefficient (Wildman–Crippen LogP) is 3.27. The average Bonchev–Trinajstić information content (AvgIpc) is 2.82. The number of hydrogen-bond donors (Lipinski definition) is 2. The number of amides is 1. The lowest BCUT2D eigenvalue weighted by molar-refractivity contribution is 0.0951. The Balaban J connectivity index is 2.06. The zero-order valence-corrected chi connectivity index (χ0v) is 12.8. The van der Waals surface area contributed by atoms with Crippen LogP contribution in [0.1, 0.15) is 22.2 Å². The van der Waals surface area contributed by atoms with Crippen LogP contribution >= 0.6 is 27.3 Å². The largest absolute Gasteiger partial charge is 0.385 e. The highest BCUT2D eigenvalue weighted by Gasteiger charge is 2.11. The standard InChI is InChI=1S/C13H14BrN3OS/c1-2-16-11-3-5-15-7-9(11)13(18)17-8-12-10(14)4-6-19-12/h3-7H,2,8H2,1H3,(H,15,16)(H,17,18). The van der Waals surface area contributed by atoms with E-state index in [0.717, 1.165) is 21.6 Å². The number of anilines is 1. The zero-order chi connectivity index (χ0) is 13.7. The number of rotatable bonds is 5. The molecule has 6 heteroatoms. The van der Waals surface area contributed by atoms with Crippen molar-refractivity contribution in [1.82, 2.24) is 10.3 Å². The number of aromatic nitrogens is 1. The molecule has 0 fully saturated rings. The van der Waals surface area contributed by atoms with Crippen LogP contribution in [-0.2, 0) is 6.54 Å². The number of halogens is 1. The molecular weight excluding hydrogens is 326 g/mol. The van der Waals surface area contributed by atoms with Gasteiger partial charge in [0, 0.05) is 28.3 Å². The molecule has 0 aliphatic heterocycles. The Morgan fingerprint density at radius 3 is 3.00 bits per heavy atom. The van der Waals surface area contributed by atoms with Gasteiger partial charge in [-0.3, -0.25) is 9.78 Å². The summed E-state index contributed by atoms with van der Waals surface area (Å²) in [5.74, 6) is -0.121. The molecule has 0 bridgehead atoms. The summed E-state index contributed by atoms with van der Waals surface area (Å²) in [4.78, 5) is 17.2. The van der Waals surface area contributed by atoms with Crippen LogP contribution in [0.3, 0.4) is 0 Å². The fourth-order valence-electron chi connectivity index (χ4n) is 1.63. The Hall–Kier alpha value is -1.40. The number of pyridine rings is 1. The van der Waals surface area contributed by atoms with Gasteiger partial charge in [-0.2, -0.15) is 0 Å². The van der Waals surface area contributed by atoms with Crippen molar-refractivity contribution < 1.29 is 4.79 Å². The molecule has 2 rings (SSSR count). The Labute approximate surface area is 124 Å². The van der Waals surface area contributed by atoms with Gasteiger partial charge < -0.3 is 10.6 Å². The number of hydrogen-bond acceptors (Lipinski definition) is 4. The van der Waals surface area contributed by atoms with Crippen molar-refractivity contribution in [2.75, 3.05) is 11.9 Å². The summed E-state index contributed by atoms with van der Waals surface area (Å²) in [6.07, 6.45) is 3.25. The molecule has 2 aromatic rings. The highest BCUT2D eigenvalue weighted by Crippen LogP contribution is 2.22. The van der Waals surface area contributed by atoms with E-state index in [1.807, 2.05) is 18.4 Å². The maximum atomic E-state index is 12.1. The van der Waals surface area contributed by atoms with Crippen LogP contribution in [0, 0.1) is 0 Å². The molecule has 1 amide bonds. The van der Waals surface area contributed by atoms with Crippen molar-refractivity contribution in [3.05, 3.63) is 44.8 Å². The number of carbonyl (C=O) groups is 1. The highest BCUT2D eigenvalue weighted by atomic mass is 79.9. The molecule has 19 heavy (non-hydrogen) atoms. The number of nitrogens with zero attached hydrogens (tertiary/aromatic N) is 1. The average molecular weight is 340 g/mol. The first-order valence-electron chi connectivity index (χ1n) is 5.90. The third kappa shape index (κ3) is 3.54. The van der Waals surface area contributed by atoms with E-state index in [-0.39, 0.29) is 5.91 Å². The minimum Gasteiger partial charge on any atom is -0.385 e. The van der Waals surface area contributed by atoms with E-state index in [9.17, 15) is 4.79 Å². The Bertz CT molecular complexity index is 571. The summed E-state index contributed by atoms with van der Waals surface area (Å²) >= 11 is 5.05. The van der Waals surface area contributed by atoms with E-state index in [1.54, 1.807) is 29.8 Å². The highest BCUT2D eigenvalue weighted by molar-refractivity contribution is 9.10. The molecule has 0 aliphatic carbocycles. The summed E-state index contributed by atoms with van der Waals surface area (Å²) in [5.41, 5.74) is 1.37. The maximum absolute atomic E-state index is 12.1. The molecule has 2 heterocycles. The lowest BCUT2D eigenvalue weighted by Gasteiger charge is -2.10.